The number of rotatable bonds is 3. The fourth-order valence-electron chi connectivity index (χ4n) is 2.18. The zero-order valence-corrected chi connectivity index (χ0v) is 19.6. The molecule has 0 radical (unpaired) electrons. The van der Waals surface area contributed by atoms with Crippen LogP contribution in [0.1, 0.15) is 0 Å². The van der Waals surface area contributed by atoms with Gasteiger partial charge in [-0.05, 0) is 23.8 Å². The van der Waals surface area contributed by atoms with Gasteiger partial charge in [0.05, 0.1) is 0 Å². The van der Waals surface area contributed by atoms with Gasteiger partial charge in [0.15, 0.2) is 0 Å². The van der Waals surface area contributed by atoms with Crippen LogP contribution >= 0.6 is 35.2 Å². The van der Waals surface area contributed by atoms with Gasteiger partial charge < -0.3 is 0 Å². The fraction of sp³-hybridized carbons (Fsp3) is 0. The number of halogens is 2. The van der Waals surface area contributed by atoms with Gasteiger partial charge >= 0.3 is 40.5 Å². The second-order valence-electron chi connectivity index (χ2n) is 4.39. The summed E-state index contributed by atoms with van der Waals surface area (Å²) in [5, 5.41) is 4.19. The van der Waals surface area contributed by atoms with Gasteiger partial charge in [0.25, 0.3) is 0 Å². The molecule has 0 saturated heterocycles. The molecule has 0 aromatic heterocycles. The van der Waals surface area contributed by atoms with E-state index in [9.17, 15) is 0 Å². The van der Waals surface area contributed by atoms with Gasteiger partial charge in [-0.2, -0.15) is 0 Å². The maximum absolute atomic E-state index is 3.15. The average molecular weight is 624 g/mol. The van der Waals surface area contributed by atoms with Crippen molar-refractivity contribution in [2.75, 3.05) is 0 Å². The molecule has 23 heavy (non-hydrogen) atoms. The van der Waals surface area contributed by atoms with E-state index in [0.717, 1.165) is 0 Å². The first kappa shape index (κ1) is 21.3. The molecule has 0 spiro atoms. The Labute approximate surface area is 173 Å². The molecule has 0 aliphatic carbocycles. The minimum Gasteiger partial charge on any atom is -0.0622 e. The summed E-state index contributed by atoms with van der Waals surface area (Å²) in [4.78, 5) is 0. The third-order valence-corrected chi connectivity index (χ3v) is 5.49. The van der Waals surface area contributed by atoms with Crippen molar-refractivity contribution in [2.45, 2.75) is 0 Å². The molecule has 0 aliphatic heterocycles. The quantitative estimate of drug-likeness (QED) is 0.280. The normalized spacial score (nSPS) is 9.70. The summed E-state index contributed by atoms with van der Waals surface area (Å²) in [7, 11) is -0.446. The predicted molar refractivity (Wildman–Crippen MR) is 103 cm³/mol. The van der Waals surface area contributed by atoms with Crippen LogP contribution < -0.4 is 15.9 Å². The molecule has 0 heterocycles. The number of benzene rings is 3. The maximum Gasteiger partial charge on any atom is 0 e. The third-order valence-electron chi connectivity index (χ3n) is 3.04. The summed E-state index contributed by atoms with van der Waals surface area (Å²) >= 11 is 6.64. The van der Waals surface area contributed by atoms with E-state index >= 15 is 0 Å². The summed E-state index contributed by atoms with van der Waals surface area (Å²) in [5.74, 6) is 0. The van der Waals surface area contributed by atoms with Crippen LogP contribution in [0, 0.1) is 0 Å². The molecule has 0 nitrogen and oxygen atoms in total. The van der Waals surface area contributed by atoms with Crippen molar-refractivity contribution in [3.63, 3.8) is 0 Å². The first-order valence-corrected chi connectivity index (χ1v) is 16.0. The van der Waals surface area contributed by atoms with Crippen LogP contribution in [0.2, 0.25) is 0 Å². The van der Waals surface area contributed by atoms with Crippen molar-refractivity contribution in [1.29, 1.82) is 0 Å². The summed E-state index contributed by atoms with van der Waals surface area (Å²) in [5.41, 5.74) is 0. The van der Waals surface area contributed by atoms with Crippen LogP contribution in [0.4, 0.5) is 0 Å². The Morgan fingerprint density at radius 1 is 0.522 bits per heavy atom. The van der Waals surface area contributed by atoms with E-state index in [1.807, 2.05) is 0 Å². The first-order valence-electron chi connectivity index (χ1n) is 6.67. The summed E-state index contributed by atoms with van der Waals surface area (Å²) in [6, 6.07) is 32.3. The van der Waals surface area contributed by atoms with E-state index in [4.69, 9.17) is 0 Å². The Morgan fingerprint density at radius 2 is 0.739 bits per heavy atom. The molecule has 0 bridgehead atoms. The minimum atomic E-state index is -0.446. The molecular weight excluding hydrogens is 609 g/mol. The van der Waals surface area contributed by atoms with E-state index in [2.05, 4.69) is 118 Å². The molecule has 0 saturated carbocycles. The van der Waals surface area contributed by atoms with Crippen LogP contribution in [0.25, 0.3) is 0 Å². The first-order chi connectivity index (χ1) is 10.9. The monoisotopic (exact) mass is 624 g/mol. The Hall–Kier alpha value is 0.297. The van der Waals surface area contributed by atoms with Crippen LogP contribution in [0.3, 0.4) is 0 Å². The van der Waals surface area contributed by atoms with Gasteiger partial charge in [0.1, 0.15) is 0 Å². The van der Waals surface area contributed by atoms with Gasteiger partial charge in [0.2, 0.25) is 0 Å². The van der Waals surface area contributed by atoms with Crippen LogP contribution in [-0.4, -0.2) is 0 Å². The fourth-order valence-corrected chi connectivity index (χ4v) is 4.48. The van der Waals surface area contributed by atoms with E-state index in [1.54, 1.807) is 0 Å². The molecular formula is C18H15Br2PRu2. The zero-order valence-electron chi connectivity index (χ0n) is 12.1. The summed E-state index contributed by atoms with van der Waals surface area (Å²) < 4.78 is 0. The molecule has 3 rings (SSSR count). The molecule has 0 fully saturated rings. The van der Waals surface area contributed by atoms with Crippen LogP contribution in [0.15, 0.2) is 91.0 Å². The average Bonchev–Trinajstić information content (AvgIpc) is 2.59. The van der Waals surface area contributed by atoms with Gasteiger partial charge in [-0.3, -0.25) is 0 Å². The molecule has 0 amide bonds. The van der Waals surface area contributed by atoms with Crippen molar-refractivity contribution in [3.05, 3.63) is 91.0 Å². The Morgan fingerprint density at radius 3 is 0.957 bits per heavy atom. The second kappa shape index (κ2) is 12.6. The third kappa shape index (κ3) is 6.97. The van der Waals surface area contributed by atoms with Crippen molar-refractivity contribution >= 4 is 51.1 Å². The summed E-state index contributed by atoms with van der Waals surface area (Å²) in [6.07, 6.45) is 0. The van der Waals surface area contributed by atoms with Crippen molar-refractivity contribution < 1.29 is 32.7 Å². The smallest absolute Gasteiger partial charge is 0 e. The minimum absolute atomic E-state index is 0. The van der Waals surface area contributed by atoms with E-state index in [1.165, 1.54) is 15.9 Å². The molecule has 0 unspecified atom stereocenters. The van der Waals surface area contributed by atoms with E-state index in [-0.39, 0.29) is 19.5 Å². The molecule has 0 atom stereocenters. The predicted octanol–water partition coefficient (Wildman–Crippen LogP) is 5.13. The number of hydrogen-bond donors (Lipinski definition) is 0. The van der Waals surface area contributed by atoms with Crippen molar-refractivity contribution in [1.82, 2.24) is 0 Å². The molecule has 122 valence electrons. The molecule has 3 aromatic rings. The van der Waals surface area contributed by atoms with Gasteiger partial charge in [-0.25, -0.2) is 0 Å². The molecule has 0 N–H and O–H groups in total. The Bertz CT molecular complexity index is 558. The van der Waals surface area contributed by atoms with Crippen molar-refractivity contribution in [2.24, 2.45) is 0 Å². The zero-order chi connectivity index (χ0) is 15.6. The number of hydrogen-bond acceptors (Lipinski definition) is 0. The van der Waals surface area contributed by atoms with Gasteiger partial charge in [-0.1, -0.05) is 91.0 Å². The molecule has 5 heteroatoms. The van der Waals surface area contributed by atoms with Crippen LogP contribution in [-0.2, 0) is 32.7 Å². The van der Waals surface area contributed by atoms with E-state index in [0.29, 0.717) is 13.2 Å². The Kier molecular flexibility index (Phi) is 11.7. The largest absolute Gasteiger partial charge is 0.0622 e. The molecule has 3 aromatic carbocycles. The van der Waals surface area contributed by atoms with Gasteiger partial charge in [0, 0.05) is 19.5 Å². The van der Waals surface area contributed by atoms with E-state index < -0.39 is 7.92 Å². The Balaban J connectivity index is 0.000000615. The topological polar surface area (TPSA) is 0 Å². The second-order valence-corrected chi connectivity index (χ2v) is 14.6. The SMILES string of the molecule is [Br][Ru][Br].[Ru].c1ccc(P(c2ccccc2)c2ccccc2)cc1. The standard InChI is InChI=1S/C18H15P.2BrH.2Ru/c1-4-10-16(11-5-1)19(17-12-6-2-7-13-17)18-14-8-3-9-15-18;;;;/h1-15H;2*1H;;/q;;;;+2/p-2. The van der Waals surface area contributed by atoms with Gasteiger partial charge in [-0.15, -0.1) is 0 Å². The van der Waals surface area contributed by atoms with Crippen molar-refractivity contribution in [3.8, 4) is 0 Å². The molecule has 0 aliphatic rings. The van der Waals surface area contributed by atoms with Crippen LogP contribution in [0.5, 0.6) is 0 Å². The summed E-state index contributed by atoms with van der Waals surface area (Å²) in [6.45, 7) is 0. The maximum atomic E-state index is 3.15.